The minimum Gasteiger partial charge on any atom is -0.490 e. The van der Waals surface area contributed by atoms with Crippen molar-refractivity contribution >= 4 is 12.0 Å². The summed E-state index contributed by atoms with van der Waals surface area (Å²) in [5.41, 5.74) is 2.01. The smallest absolute Gasteiger partial charge is 0.246 e. The molecule has 0 unspecified atom stereocenters. The Hall–Kier alpha value is -3.67. The van der Waals surface area contributed by atoms with Crippen LogP contribution in [0.1, 0.15) is 24.0 Å². The second-order valence-electron chi connectivity index (χ2n) is 7.90. The van der Waals surface area contributed by atoms with Crippen LogP contribution < -0.4 is 9.47 Å². The van der Waals surface area contributed by atoms with E-state index < -0.39 is 11.6 Å². The van der Waals surface area contributed by atoms with Gasteiger partial charge in [0.2, 0.25) is 5.91 Å². The molecule has 0 aromatic heterocycles. The number of carbonyl (C=O) groups is 1. The van der Waals surface area contributed by atoms with Crippen LogP contribution in [0, 0.1) is 11.6 Å². The third-order valence-corrected chi connectivity index (χ3v) is 5.49. The van der Waals surface area contributed by atoms with Gasteiger partial charge in [0.15, 0.2) is 11.6 Å². The molecule has 0 atom stereocenters. The largest absolute Gasteiger partial charge is 0.490 e. The number of rotatable bonds is 7. The number of ether oxygens (including phenoxy) is 2. The minimum absolute atomic E-state index is 0.0642. The second kappa shape index (κ2) is 10.8. The van der Waals surface area contributed by atoms with Crippen molar-refractivity contribution in [1.29, 1.82) is 0 Å². The van der Waals surface area contributed by atoms with Crippen LogP contribution in [0.4, 0.5) is 8.78 Å². The number of likely N-dealkylation sites (tertiary alicyclic amines) is 1. The van der Waals surface area contributed by atoms with Crippen molar-refractivity contribution in [3.63, 3.8) is 0 Å². The fourth-order valence-corrected chi connectivity index (χ4v) is 3.63. The number of piperidine rings is 1. The molecule has 0 bridgehead atoms. The van der Waals surface area contributed by atoms with Gasteiger partial charge in [-0.15, -0.1) is 0 Å². The van der Waals surface area contributed by atoms with E-state index in [1.165, 1.54) is 6.07 Å². The lowest BCUT2D eigenvalue weighted by Gasteiger charge is -2.31. The van der Waals surface area contributed by atoms with E-state index >= 15 is 0 Å². The predicted octanol–water partition coefficient (Wildman–Crippen LogP) is 5.63. The van der Waals surface area contributed by atoms with Gasteiger partial charge in [0.05, 0.1) is 0 Å². The third kappa shape index (κ3) is 6.42. The number of halogens is 2. The molecule has 6 heteroatoms. The Kier molecular flexibility index (Phi) is 7.35. The van der Waals surface area contributed by atoms with Gasteiger partial charge in [0, 0.05) is 38.1 Å². The van der Waals surface area contributed by atoms with Gasteiger partial charge in [-0.3, -0.25) is 4.79 Å². The molecular weight excluding hydrogens is 424 g/mol. The molecule has 1 fully saturated rings. The molecule has 4 nitrogen and oxygen atoms in total. The summed E-state index contributed by atoms with van der Waals surface area (Å²) in [5, 5.41) is 0. The number of hydrogen-bond acceptors (Lipinski definition) is 3. The van der Waals surface area contributed by atoms with Crippen molar-refractivity contribution in [2.45, 2.75) is 25.6 Å². The van der Waals surface area contributed by atoms with Crippen molar-refractivity contribution < 1.29 is 23.0 Å². The highest BCUT2D eigenvalue weighted by Gasteiger charge is 2.23. The van der Waals surface area contributed by atoms with Gasteiger partial charge in [0.25, 0.3) is 0 Å². The molecule has 4 rings (SSSR count). The maximum absolute atomic E-state index is 13.3. The maximum atomic E-state index is 13.3. The van der Waals surface area contributed by atoms with Crippen LogP contribution in [-0.2, 0) is 11.4 Å². The van der Waals surface area contributed by atoms with Crippen LogP contribution >= 0.6 is 0 Å². The number of amides is 1. The lowest BCUT2D eigenvalue weighted by molar-refractivity contribution is -0.127. The third-order valence-electron chi connectivity index (χ3n) is 5.49. The lowest BCUT2D eigenvalue weighted by atomic mass is 10.1. The molecule has 3 aromatic carbocycles. The SMILES string of the molecule is O=C(/C=C/c1ccc(OCc2ccccc2)cc1)N1CCC(Oc2ccc(F)c(F)c2)CC1. The Labute approximate surface area is 192 Å². The molecule has 1 heterocycles. The second-order valence-corrected chi connectivity index (χ2v) is 7.90. The predicted molar refractivity (Wildman–Crippen MR) is 123 cm³/mol. The fraction of sp³-hybridized carbons (Fsp3) is 0.222. The molecule has 0 N–H and O–H groups in total. The molecule has 0 aliphatic carbocycles. The molecule has 0 radical (unpaired) electrons. The first kappa shape index (κ1) is 22.5. The van der Waals surface area contributed by atoms with Gasteiger partial charge in [-0.2, -0.15) is 0 Å². The lowest BCUT2D eigenvalue weighted by Crippen LogP contribution is -2.41. The average Bonchev–Trinajstić information content (AvgIpc) is 2.85. The standard InChI is InChI=1S/C27H25F2NO3/c28-25-12-11-24(18-26(25)29)33-23-14-16-30(17-15-23)27(31)13-8-20-6-9-22(10-7-20)32-19-21-4-2-1-3-5-21/h1-13,18,23H,14-17,19H2/b13-8+. The number of benzene rings is 3. The molecule has 1 amide bonds. The number of nitrogens with zero attached hydrogens (tertiary/aromatic N) is 1. The monoisotopic (exact) mass is 449 g/mol. The molecule has 33 heavy (non-hydrogen) atoms. The zero-order valence-electron chi connectivity index (χ0n) is 18.1. The normalized spacial score (nSPS) is 14.4. The van der Waals surface area contributed by atoms with E-state index in [0.29, 0.717) is 38.3 Å². The van der Waals surface area contributed by atoms with Gasteiger partial charge in [-0.25, -0.2) is 8.78 Å². The summed E-state index contributed by atoms with van der Waals surface area (Å²) in [4.78, 5) is 14.3. The number of carbonyl (C=O) groups excluding carboxylic acids is 1. The maximum Gasteiger partial charge on any atom is 0.246 e. The van der Waals surface area contributed by atoms with Crippen molar-refractivity contribution in [2.75, 3.05) is 13.1 Å². The van der Waals surface area contributed by atoms with Crippen molar-refractivity contribution in [3.8, 4) is 11.5 Å². The van der Waals surface area contributed by atoms with Gasteiger partial charge in [-0.1, -0.05) is 42.5 Å². The summed E-state index contributed by atoms with van der Waals surface area (Å²) in [6, 6.07) is 21.1. The average molecular weight is 449 g/mol. The van der Waals surface area contributed by atoms with Crippen molar-refractivity contribution in [2.24, 2.45) is 0 Å². The molecule has 170 valence electrons. The Bertz CT molecular complexity index is 1090. The van der Waals surface area contributed by atoms with Crippen LogP contribution in [0.3, 0.4) is 0 Å². The molecule has 1 aliphatic heterocycles. The van der Waals surface area contributed by atoms with Crippen LogP contribution in [0.2, 0.25) is 0 Å². The summed E-state index contributed by atoms with van der Waals surface area (Å²) in [6.07, 6.45) is 4.48. The van der Waals surface area contributed by atoms with Gasteiger partial charge in [0.1, 0.15) is 24.2 Å². The Balaban J connectivity index is 1.23. The van der Waals surface area contributed by atoms with Crippen LogP contribution in [-0.4, -0.2) is 30.0 Å². The fourth-order valence-electron chi connectivity index (χ4n) is 3.63. The topological polar surface area (TPSA) is 38.8 Å². The van der Waals surface area contributed by atoms with Crippen molar-refractivity contribution in [1.82, 2.24) is 4.90 Å². The Morgan fingerprint density at radius 1 is 0.909 bits per heavy atom. The molecule has 1 saturated heterocycles. The van der Waals surface area contributed by atoms with Gasteiger partial charge >= 0.3 is 0 Å². The quantitative estimate of drug-likeness (QED) is 0.439. The zero-order valence-corrected chi connectivity index (χ0v) is 18.1. The highest BCUT2D eigenvalue weighted by molar-refractivity contribution is 5.91. The van der Waals surface area contributed by atoms with E-state index in [-0.39, 0.29) is 12.0 Å². The zero-order chi connectivity index (χ0) is 23.0. The minimum atomic E-state index is -0.930. The molecular formula is C27H25F2NO3. The molecule has 0 saturated carbocycles. The Morgan fingerprint density at radius 3 is 2.30 bits per heavy atom. The van der Waals surface area contributed by atoms with Gasteiger partial charge < -0.3 is 14.4 Å². The number of hydrogen-bond donors (Lipinski definition) is 0. The summed E-state index contributed by atoms with van der Waals surface area (Å²) in [7, 11) is 0. The molecule has 1 aliphatic rings. The molecule has 3 aromatic rings. The van der Waals surface area contributed by atoms with Crippen LogP contribution in [0.25, 0.3) is 6.08 Å². The van der Waals surface area contributed by atoms with E-state index in [0.717, 1.165) is 29.0 Å². The van der Waals surface area contributed by atoms with E-state index in [1.54, 1.807) is 17.1 Å². The first-order valence-electron chi connectivity index (χ1n) is 10.9. The Morgan fingerprint density at radius 2 is 1.61 bits per heavy atom. The van der Waals surface area contributed by atoms with E-state index in [4.69, 9.17) is 9.47 Å². The summed E-state index contributed by atoms with van der Waals surface area (Å²) < 4.78 is 37.9. The highest BCUT2D eigenvalue weighted by atomic mass is 19.2. The highest BCUT2D eigenvalue weighted by Crippen LogP contribution is 2.21. The van der Waals surface area contributed by atoms with E-state index in [2.05, 4.69) is 0 Å². The summed E-state index contributed by atoms with van der Waals surface area (Å²) in [6.45, 7) is 1.60. The van der Waals surface area contributed by atoms with E-state index in [1.807, 2.05) is 54.6 Å². The van der Waals surface area contributed by atoms with Crippen LogP contribution in [0.5, 0.6) is 11.5 Å². The summed E-state index contributed by atoms with van der Waals surface area (Å²) in [5.74, 6) is -0.823. The van der Waals surface area contributed by atoms with Gasteiger partial charge in [-0.05, 0) is 41.5 Å². The van der Waals surface area contributed by atoms with Crippen LogP contribution in [0.15, 0.2) is 78.9 Å². The summed E-state index contributed by atoms with van der Waals surface area (Å²) >= 11 is 0. The van der Waals surface area contributed by atoms with E-state index in [9.17, 15) is 13.6 Å². The first-order chi connectivity index (χ1) is 16.1. The first-order valence-corrected chi connectivity index (χ1v) is 10.9. The molecule has 0 spiro atoms. The van der Waals surface area contributed by atoms with Crippen molar-refractivity contribution in [3.05, 3.63) is 102 Å².